The van der Waals surface area contributed by atoms with E-state index in [1.165, 1.54) is 79.5 Å². The number of rotatable bonds is 3. The monoisotopic (exact) mass is 588 g/mol. The summed E-state index contributed by atoms with van der Waals surface area (Å²) >= 11 is 0. The van der Waals surface area contributed by atoms with Gasteiger partial charge in [-0.2, -0.15) is 0 Å². The molecule has 1 unspecified atom stereocenters. The molecule has 2 heteroatoms. The average molecular weight is 589 g/mol. The van der Waals surface area contributed by atoms with E-state index < -0.39 is 0 Å². The molecule has 10 rings (SSSR count). The summed E-state index contributed by atoms with van der Waals surface area (Å²) in [5, 5.41) is 2.42. The fourth-order valence-electron chi connectivity index (χ4n) is 8.42. The van der Waals surface area contributed by atoms with E-state index in [4.69, 9.17) is 4.99 Å². The van der Waals surface area contributed by atoms with Crippen LogP contribution in [-0.4, -0.2) is 5.71 Å². The van der Waals surface area contributed by atoms with Crippen LogP contribution in [-0.2, 0) is 5.41 Å². The van der Waals surface area contributed by atoms with Crippen LogP contribution >= 0.6 is 0 Å². The van der Waals surface area contributed by atoms with E-state index in [9.17, 15) is 0 Å². The van der Waals surface area contributed by atoms with E-state index in [1.54, 1.807) is 0 Å². The first-order valence-electron chi connectivity index (χ1n) is 16.4. The molecule has 2 bridgehead atoms. The maximum atomic E-state index is 5.47. The first-order valence-corrected chi connectivity index (χ1v) is 16.4. The van der Waals surface area contributed by atoms with Crippen LogP contribution in [0.4, 0.5) is 17.1 Å². The van der Waals surface area contributed by atoms with Gasteiger partial charge in [0.2, 0.25) is 0 Å². The highest BCUT2D eigenvalue weighted by atomic mass is 15.2. The number of nitrogens with zero attached hydrogens (tertiary/aromatic N) is 2. The molecule has 46 heavy (non-hydrogen) atoms. The second kappa shape index (κ2) is 9.76. The third-order valence-electron chi connectivity index (χ3n) is 10.7. The van der Waals surface area contributed by atoms with Crippen LogP contribution in [0.15, 0.2) is 156 Å². The first-order chi connectivity index (χ1) is 22.8. The summed E-state index contributed by atoms with van der Waals surface area (Å²) in [5.41, 5.74) is 15.4. The molecule has 1 saturated carbocycles. The van der Waals surface area contributed by atoms with Crippen molar-refractivity contribution in [2.45, 2.75) is 30.7 Å². The molecule has 2 aliphatic carbocycles. The van der Waals surface area contributed by atoms with Gasteiger partial charge in [-0.25, -0.2) is 0 Å². The summed E-state index contributed by atoms with van der Waals surface area (Å²) in [6, 6.07) is 51.7. The number of anilines is 2. The molecule has 0 aromatic heterocycles. The highest BCUT2D eigenvalue weighted by Gasteiger charge is 2.59. The van der Waals surface area contributed by atoms with Crippen molar-refractivity contribution >= 4 is 45.2 Å². The van der Waals surface area contributed by atoms with Gasteiger partial charge in [0, 0.05) is 39.7 Å². The predicted octanol–water partition coefficient (Wildman–Crippen LogP) is 11.1. The molecule has 6 aromatic carbocycles. The zero-order chi connectivity index (χ0) is 30.2. The number of fused-ring (bicyclic) bond motifs is 9. The number of benzene rings is 6. The Hall–Kier alpha value is -5.47. The second-order valence-electron chi connectivity index (χ2n) is 13.1. The first kappa shape index (κ1) is 25.8. The third-order valence-corrected chi connectivity index (χ3v) is 10.7. The molecule has 2 nitrogen and oxygen atoms in total. The van der Waals surface area contributed by atoms with E-state index in [0.29, 0.717) is 0 Å². The topological polar surface area (TPSA) is 15.6 Å². The predicted molar refractivity (Wildman–Crippen MR) is 191 cm³/mol. The molecular formula is C44H32N2. The van der Waals surface area contributed by atoms with Gasteiger partial charge >= 0.3 is 0 Å². The van der Waals surface area contributed by atoms with E-state index >= 15 is 0 Å². The highest BCUT2D eigenvalue weighted by Crippen LogP contribution is 2.67. The van der Waals surface area contributed by atoms with Crippen molar-refractivity contribution in [2.75, 3.05) is 4.90 Å². The van der Waals surface area contributed by atoms with Gasteiger partial charge in [-0.05, 0) is 69.8 Å². The summed E-state index contributed by atoms with van der Waals surface area (Å²) in [6.45, 7) is 0. The quantitative estimate of drug-likeness (QED) is 0.201. The van der Waals surface area contributed by atoms with Gasteiger partial charge in [-0.3, -0.25) is 4.99 Å². The van der Waals surface area contributed by atoms with Gasteiger partial charge in [-0.15, -0.1) is 0 Å². The lowest BCUT2D eigenvalue weighted by Crippen LogP contribution is -2.26. The summed E-state index contributed by atoms with van der Waals surface area (Å²) < 4.78 is 0. The molecule has 2 aliphatic heterocycles. The third kappa shape index (κ3) is 3.74. The van der Waals surface area contributed by atoms with Gasteiger partial charge in [0.15, 0.2) is 0 Å². The van der Waals surface area contributed by atoms with Crippen molar-refractivity contribution in [3.05, 3.63) is 185 Å². The van der Waals surface area contributed by atoms with Gasteiger partial charge in [0.1, 0.15) is 0 Å². The van der Waals surface area contributed by atoms with Crippen molar-refractivity contribution in [3.63, 3.8) is 0 Å². The Morgan fingerprint density at radius 3 is 2.26 bits per heavy atom. The SMILES string of the molecule is C1=Cc2ccccc2C2=Nc3c(ccc4ccccc34)C(c3ccc(C4N(c5ccccc5)c5ccccc5C45CC5)cc3)=C1C2. The van der Waals surface area contributed by atoms with Crippen LogP contribution < -0.4 is 4.90 Å². The van der Waals surface area contributed by atoms with E-state index in [-0.39, 0.29) is 11.5 Å². The molecule has 218 valence electrons. The fraction of sp³-hybridized carbons (Fsp3) is 0.114. The average Bonchev–Trinajstić information content (AvgIpc) is 3.91. The standard InChI is InChI=1S/C44H32N2/c1-2-12-34(13-3-1)46-40-17-9-8-16-38(40)44(26-27-44)43(46)32-21-19-31(20-22-32)41-33-23-18-29-10-4-6-14-35(29)39(28-33)45-42-36-15-7-5-11-30(36)24-25-37(41)42/h1-25,43H,26-28H2. The summed E-state index contributed by atoms with van der Waals surface area (Å²) in [7, 11) is 0. The minimum Gasteiger partial charge on any atom is -0.333 e. The van der Waals surface area contributed by atoms with Crippen LogP contribution in [0.2, 0.25) is 0 Å². The minimum absolute atomic E-state index is 0.169. The van der Waals surface area contributed by atoms with Crippen LogP contribution in [0, 0.1) is 0 Å². The molecule has 0 amide bonds. The molecule has 0 radical (unpaired) electrons. The van der Waals surface area contributed by atoms with Crippen molar-refractivity contribution < 1.29 is 0 Å². The van der Waals surface area contributed by atoms with E-state index in [0.717, 1.165) is 17.8 Å². The number of para-hydroxylation sites is 2. The van der Waals surface area contributed by atoms with Crippen LogP contribution in [0.3, 0.4) is 0 Å². The molecule has 0 N–H and O–H groups in total. The summed E-state index contributed by atoms with van der Waals surface area (Å²) in [4.78, 5) is 8.06. The lowest BCUT2D eigenvalue weighted by Gasteiger charge is -2.31. The Morgan fingerprint density at radius 1 is 0.630 bits per heavy atom. The fourth-order valence-corrected chi connectivity index (χ4v) is 8.42. The number of allylic oxidation sites excluding steroid dienone is 2. The minimum atomic E-state index is 0.169. The van der Waals surface area contributed by atoms with Gasteiger partial charge in [-0.1, -0.05) is 133 Å². The molecule has 4 aliphatic rings. The zero-order valence-electron chi connectivity index (χ0n) is 25.5. The maximum Gasteiger partial charge on any atom is 0.0790 e. The van der Waals surface area contributed by atoms with E-state index in [2.05, 4.69) is 157 Å². The summed E-state index contributed by atoms with van der Waals surface area (Å²) in [6.07, 6.45) is 7.86. The maximum absolute atomic E-state index is 5.47. The lowest BCUT2D eigenvalue weighted by molar-refractivity contribution is 0.572. The largest absolute Gasteiger partial charge is 0.333 e. The zero-order valence-corrected chi connectivity index (χ0v) is 25.5. The number of hydrogen-bond donors (Lipinski definition) is 0. The molecule has 2 heterocycles. The highest BCUT2D eigenvalue weighted by molar-refractivity contribution is 6.14. The normalized spacial score (nSPS) is 18.5. The van der Waals surface area contributed by atoms with Crippen molar-refractivity contribution in [3.8, 4) is 0 Å². The number of aliphatic imine (C=N–C) groups is 1. The van der Waals surface area contributed by atoms with Gasteiger partial charge in [0.25, 0.3) is 0 Å². The Bertz CT molecular complexity index is 2280. The molecule has 1 fully saturated rings. The second-order valence-corrected chi connectivity index (χ2v) is 13.1. The van der Waals surface area contributed by atoms with Gasteiger partial charge in [0.05, 0.1) is 17.4 Å². The molecule has 1 atom stereocenters. The van der Waals surface area contributed by atoms with Crippen LogP contribution in [0.25, 0.3) is 22.4 Å². The van der Waals surface area contributed by atoms with Crippen LogP contribution in [0.5, 0.6) is 0 Å². The Balaban J connectivity index is 1.15. The Morgan fingerprint density at radius 2 is 1.39 bits per heavy atom. The van der Waals surface area contributed by atoms with Crippen molar-refractivity contribution in [2.24, 2.45) is 4.99 Å². The Kier molecular flexibility index (Phi) is 5.48. The van der Waals surface area contributed by atoms with E-state index in [1.807, 2.05) is 0 Å². The smallest absolute Gasteiger partial charge is 0.0790 e. The van der Waals surface area contributed by atoms with Crippen LogP contribution in [0.1, 0.15) is 58.7 Å². The molecule has 6 aromatic rings. The van der Waals surface area contributed by atoms with Gasteiger partial charge < -0.3 is 4.90 Å². The molecular weight excluding hydrogens is 556 g/mol. The van der Waals surface area contributed by atoms with Crippen molar-refractivity contribution in [1.82, 2.24) is 0 Å². The Labute approximate surface area is 269 Å². The van der Waals surface area contributed by atoms with Crippen molar-refractivity contribution in [1.29, 1.82) is 0 Å². The number of hydrogen-bond acceptors (Lipinski definition) is 2. The summed E-state index contributed by atoms with van der Waals surface area (Å²) in [5.74, 6) is 0. The lowest BCUT2D eigenvalue weighted by atomic mass is 9.85. The molecule has 0 saturated heterocycles. The molecule has 1 spiro atoms.